The number of anilines is 1. The summed E-state index contributed by atoms with van der Waals surface area (Å²) in [5, 5.41) is 5.98. The lowest BCUT2D eigenvalue weighted by atomic mass is 10.0. The molecule has 2 aliphatic rings. The predicted octanol–water partition coefficient (Wildman–Crippen LogP) is 2.18. The van der Waals surface area contributed by atoms with E-state index >= 15 is 0 Å². The third-order valence-electron chi connectivity index (χ3n) is 5.56. The van der Waals surface area contributed by atoms with E-state index < -0.39 is 0 Å². The molecule has 1 amide bonds. The van der Waals surface area contributed by atoms with Crippen molar-refractivity contribution in [1.29, 1.82) is 0 Å². The van der Waals surface area contributed by atoms with Gasteiger partial charge in [0.2, 0.25) is 5.95 Å². The molecule has 1 aromatic heterocycles. The van der Waals surface area contributed by atoms with Crippen LogP contribution in [0.4, 0.5) is 5.95 Å². The maximum atomic E-state index is 12.4. The second-order valence-electron chi connectivity index (χ2n) is 7.42. The molecule has 2 aromatic rings. The first-order valence-electron chi connectivity index (χ1n) is 9.87. The number of fused-ring (bicyclic) bond motifs is 1. The average Bonchev–Trinajstić information content (AvgIpc) is 3.15. The SMILES string of the molecule is CNCCNC(=O)c1cccc(-c2nc(N3CC[C@@H]3C)nc3c2CCC3)c1. The molecule has 1 aliphatic carbocycles. The highest BCUT2D eigenvalue weighted by Gasteiger charge is 2.29. The lowest BCUT2D eigenvalue weighted by molar-refractivity contribution is 0.0954. The molecule has 1 saturated heterocycles. The Morgan fingerprint density at radius 2 is 2.15 bits per heavy atom. The molecular formula is C21H27N5O. The van der Waals surface area contributed by atoms with Gasteiger partial charge in [-0.1, -0.05) is 12.1 Å². The molecule has 0 bridgehead atoms. The number of rotatable bonds is 6. The maximum Gasteiger partial charge on any atom is 0.251 e. The van der Waals surface area contributed by atoms with Gasteiger partial charge in [0.15, 0.2) is 0 Å². The van der Waals surface area contributed by atoms with Gasteiger partial charge in [0.1, 0.15) is 0 Å². The first-order valence-corrected chi connectivity index (χ1v) is 9.87. The summed E-state index contributed by atoms with van der Waals surface area (Å²) in [4.78, 5) is 24.5. The van der Waals surface area contributed by atoms with Gasteiger partial charge in [-0.25, -0.2) is 9.97 Å². The Hall–Kier alpha value is -2.47. The third kappa shape index (κ3) is 3.54. The largest absolute Gasteiger partial charge is 0.351 e. The predicted molar refractivity (Wildman–Crippen MR) is 107 cm³/mol. The average molecular weight is 365 g/mol. The summed E-state index contributed by atoms with van der Waals surface area (Å²) < 4.78 is 0. The van der Waals surface area contributed by atoms with E-state index in [9.17, 15) is 4.79 Å². The number of hydrogen-bond donors (Lipinski definition) is 2. The van der Waals surface area contributed by atoms with Gasteiger partial charge < -0.3 is 15.5 Å². The van der Waals surface area contributed by atoms with Crippen molar-refractivity contribution in [3.63, 3.8) is 0 Å². The fourth-order valence-corrected chi connectivity index (χ4v) is 3.81. The minimum atomic E-state index is -0.0469. The van der Waals surface area contributed by atoms with Crippen molar-refractivity contribution in [3.05, 3.63) is 41.1 Å². The summed E-state index contributed by atoms with van der Waals surface area (Å²) in [5.41, 5.74) is 5.10. The van der Waals surface area contributed by atoms with Crippen LogP contribution in [0.25, 0.3) is 11.3 Å². The number of amides is 1. The van der Waals surface area contributed by atoms with Gasteiger partial charge >= 0.3 is 0 Å². The molecule has 0 radical (unpaired) electrons. The Morgan fingerprint density at radius 3 is 2.89 bits per heavy atom. The molecule has 142 valence electrons. The van der Waals surface area contributed by atoms with E-state index in [0.29, 0.717) is 18.2 Å². The summed E-state index contributed by atoms with van der Waals surface area (Å²) in [7, 11) is 1.87. The highest BCUT2D eigenvalue weighted by Crippen LogP contribution is 2.34. The standard InChI is InChI=1S/C21H27N5O/c1-14-9-12-26(14)21-24-18-8-4-7-17(18)19(25-21)15-5-3-6-16(13-15)20(27)23-11-10-22-2/h3,5-6,13-14,22H,4,7-12H2,1-2H3,(H,23,27)/t14-/m0/s1. The molecule has 0 spiro atoms. The highest BCUT2D eigenvalue weighted by molar-refractivity contribution is 5.95. The maximum absolute atomic E-state index is 12.4. The smallest absolute Gasteiger partial charge is 0.251 e. The van der Waals surface area contributed by atoms with Crippen LogP contribution in [0.15, 0.2) is 24.3 Å². The van der Waals surface area contributed by atoms with E-state index in [4.69, 9.17) is 9.97 Å². The second kappa shape index (κ2) is 7.64. The minimum absolute atomic E-state index is 0.0469. The number of aryl methyl sites for hydroxylation is 1. The van der Waals surface area contributed by atoms with Gasteiger partial charge in [-0.3, -0.25) is 4.79 Å². The van der Waals surface area contributed by atoms with Gasteiger partial charge in [-0.2, -0.15) is 0 Å². The van der Waals surface area contributed by atoms with Crippen LogP contribution >= 0.6 is 0 Å². The Morgan fingerprint density at radius 1 is 1.26 bits per heavy atom. The van der Waals surface area contributed by atoms with E-state index in [0.717, 1.165) is 49.6 Å². The zero-order valence-corrected chi connectivity index (χ0v) is 16.1. The molecule has 1 atom stereocenters. The molecule has 0 saturated carbocycles. The fourth-order valence-electron chi connectivity index (χ4n) is 3.81. The zero-order valence-electron chi connectivity index (χ0n) is 16.1. The lowest BCUT2D eigenvalue weighted by Gasteiger charge is -2.39. The summed E-state index contributed by atoms with van der Waals surface area (Å²) >= 11 is 0. The van der Waals surface area contributed by atoms with Gasteiger partial charge in [0.05, 0.1) is 5.69 Å². The van der Waals surface area contributed by atoms with E-state index in [-0.39, 0.29) is 5.91 Å². The van der Waals surface area contributed by atoms with Gasteiger partial charge in [-0.15, -0.1) is 0 Å². The zero-order chi connectivity index (χ0) is 18.8. The number of benzene rings is 1. The van der Waals surface area contributed by atoms with Crippen molar-refractivity contribution in [2.45, 2.75) is 38.6 Å². The number of hydrogen-bond acceptors (Lipinski definition) is 5. The Labute approximate surface area is 160 Å². The van der Waals surface area contributed by atoms with E-state index in [2.05, 4.69) is 28.5 Å². The van der Waals surface area contributed by atoms with Crippen molar-refractivity contribution >= 4 is 11.9 Å². The van der Waals surface area contributed by atoms with Crippen LogP contribution in [0.1, 0.15) is 41.4 Å². The lowest BCUT2D eigenvalue weighted by Crippen LogP contribution is -2.46. The molecule has 27 heavy (non-hydrogen) atoms. The molecule has 0 unspecified atom stereocenters. The van der Waals surface area contributed by atoms with Crippen LogP contribution < -0.4 is 15.5 Å². The van der Waals surface area contributed by atoms with Crippen molar-refractivity contribution in [2.24, 2.45) is 0 Å². The van der Waals surface area contributed by atoms with Gasteiger partial charge in [0, 0.05) is 48.1 Å². The van der Waals surface area contributed by atoms with Gasteiger partial charge in [0.25, 0.3) is 5.91 Å². The van der Waals surface area contributed by atoms with Crippen molar-refractivity contribution in [2.75, 3.05) is 31.6 Å². The summed E-state index contributed by atoms with van der Waals surface area (Å²) in [6.45, 7) is 4.60. The van der Waals surface area contributed by atoms with Crippen LogP contribution in [0.3, 0.4) is 0 Å². The summed E-state index contributed by atoms with van der Waals surface area (Å²) in [5.74, 6) is 0.794. The highest BCUT2D eigenvalue weighted by atomic mass is 16.1. The minimum Gasteiger partial charge on any atom is -0.351 e. The fraction of sp³-hybridized carbons (Fsp3) is 0.476. The molecule has 2 heterocycles. The molecule has 4 rings (SSSR count). The second-order valence-corrected chi connectivity index (χ2v) is 7.42. The molecule has 1 fully saturated rings. The number of aromatic nitrogens is 2. The van der Waals surface area contributed by atoms with Crippen LogP contribution in [0.2, 0.25) is 0 Å². The number of nitrogens with zero attached hydrogens (tertiary/aromatic N) is 3. The number of nitrogens with one attached hydrogen (secondary N) is 2. The molecule has 2 N–H and O–H groups in total. The van der Waals surface area contributed by atoms with Crippen molar-refractivity contribution in [3.8, 4) is 11.3 Å². The van der Waals surface area contributed by atoms with E-state index in [1.54, 1.807) is 0 Å². The van der Waals surface area contributed by atoms with Crippen molar-refractivity contribution in [1.82, 2.24) is 20.6 Å². The monoisotopic (exact) mass is 365 g/mol. The molecule has 1 aromatic carbocycles. The van der Waals surface area contributed by atoms with E-state index in [1.165, 1.54) is 17.7 Å². The normalized spacial score (nSPS) is 18.1. The quantitative estimate of drug-likeness (QED) is 0.768. The number of carbonyl (C=O) groups is 1. The summed E-state index contributed by atoms with van der Waals surface area (Å²) in [6, 6.07) is 8.31. The summed E-state index contributed by atoms with van der Waals surface area (Å²) in [6.07, 6.45) is 4.35. The van der Waals surface area contributed by atoms with Crippen molar-refractivity contribution < 1.29 is 4.79 Å². The third-order valence-corrected chi connectivity index (χ3v) is 5.56. The topological polar surface area (TPSA) is 70.2 Å². The Balaban J connectivity index is 1.67. The Bertz CT molecular complexity index is 850. The van der Waals surface area contributed by atoms with E-state index in [1.807, 2.05) is 25.2 Å². The van der Waals surface area contributed by atoms with Crippen LogP contribution in [-0.2, 0) is 12.8 Å². The molecule has 6 heteroatoms. The van der Waals surface area contributed by atoms with Gasteiger partial charge in [-0.05, 0) is 51.8 Å². The molecular weight excluding hydrogens is 338 g/mol. The first kappa shape index (κ1) is 17.9. The van der Waals surface area contributed by atoms with Crippen LogP contribution in [-0.4, -0.2) is 48.6 Å². The number of likely N-dealkylation sites (N-methyl/N-ethyl adjacent to an activating group) is 1. The Kier molecular flexibility index (Phi) is 5.07. The van der Waals surface area contributed by atoms with Crippen LogP contribution in [0, 0.1) is 0 Å². The molecule has 1 aliphatic heterocycles. The molecule has 6 nitrogen and oxygen atoms in total. The number of carbonyl (C=O) groups excluding carboxylic acids is 1. The van der Waals surface area contributed by atoms with Crippen LogP contribution in [0.5, 0.6) is 0 Å². The first-order chi connectivity index (χ1) is 13.2.